The molecule has 2 aromatic heterocycles. The van der Waals surface area contributed by atoms with Crippen molar-refractivity contribution < 1.29 is 22.5 Å². The molecule has 0 bridgehead atoms. The van der Waals surface area contributed by atoms with Crippen molar-refractivity contribution in [1.82, 2.24) is 14.9 Å². The quantitative estimate of drug-likeness (QED) is 0.670. The predicted octanol–water partition coefficient (Wildman–Crippen LogP) is 4.77. The molecule has 0 fully saturated rings. The minimum atomic E-state index is -4.44. The Labute approximate surface area is 163 Å². The lowest BCUT2D eigenvalue weighted by Gasteiger charge is -2.09. The van der Waals surface area contributed by atoms with Crippen molar-refractivity contribution >= 4 is 23.2 Å². The molecule has 1 aromatic carbocycles. The fourth-order valence-corrected chi connectivity index (χ4v) is 2.80. The van der Waals surface area contributed by atoms with Crippen LogP contribution in [0.25, 0.3) is 0 Å². The van der Waals surface area contributed by atoms with Crippen LogP contribution in [-0.4, -0.2) is 20.8 Å². The lowest BCUT2D eigenvalue weighted by atomic mass is 10.1. The first-order chi connectivity index (χ1) is 13.1. The fourth-order valence-electron chi connectivity index (χ4n) is 2.67. The molecule has 2 heterocycles. The molecule has 10 heteroatoms. The number of anilines is 1. The number of hydrogen-bond acceptors (Lipinski definition) is 4. The minimum absolute atomic E-state index is 0.0288. The van der Waals surface area contributed by atoms with Gasteiger partial charge in [-0.25, -0.2) is 0 Å². The fraction of sp³-hybridized carbons (Fsp3) is 0.278. The van der Waals surface area contributed by atoms with Gasteiger partial charge in [-0.1, -0.05) is 16.8 Å². The largest absolute Gasteiger partial charge is 0.416 e. The van der Waals surface area contributed by atoms with E-state index in [1.165, 1.54) is 12.1 Å². The van der Waals surface area contributed by atoms with Gasteiger partial charge in [0.2, 0.25) is 0 Å². The maximum Gasteiger partial charge on any atom is 0.416 e. The van der Waals surface area contributed by atoms with Crippen LogP contribution in [0.3, 0.4) is 0 Å². The summed E-state index contributed by atoms with van der Waals surface area (Å²) in [7, 11) is 0. The SMILES string of the molecule is Cc1nn(Cc2c(C(=O)Nc3ccc(C(F)(F)F)cc3)noc2C)c(C)c1Cl. The second kappa shape index (κ2) is 7.31. The van der Waals surface area contributed by atoms with E-state index in [1.54, 1.807) is 25.5 Å². The van der Waals surface area contributed by atoms with Gasteiger partial charge in [0.1, 0.15) is 5.76 Å². The molecule has 3 aromatic rings. The highest BCUT2D eigenvalue weighted by atomic mass is 35.5. The third-order valence-electron chi connectivity index (χ3n) is 4.27. The van der Waals surface area contributed by atoms with Crippen molar-refractivity contribution in [3.63, 3.8) is 0 Å². The van der Waals surface area contributed by atoms with E-state index in [1.807, 2.05) is 0 Å². The Morgan fingerprint density at radius 3 is 2.39 bits per heavy atom. The van der Waals surface area contributed by atoms with Gasteiger partial charge in [0.15, 0.2) is 5.69 Å². The maximum absolute atomic E-state index is 12.6. The number of nitrogens with one attached hydrogen (secondary N) is 1. The molecule has 148 valence electrons. The monoisotopic (exact) mass is 412 g/mol. The normalized spacial score (nSPS) is 11.7. The van der Waals surface area contributed by atoms with Crippen molar-refractivity contribution in [1.29, 1.82) is 0 Å². The molecule has 0 aliphatic rings. The van der Waals surface area contributed by atoms with E-state index < -0.39 is 17.6 Å². The molecule has 0 saturated heterocycles. The number of carbonyl (C=O) groups excluding carboxylic acids is 1. The van der Waals surface area contributed by atoms with Gasteiger partial charge >= 0.3 is 6.18 Å². The van der Waals surface area contributed by atoms with Crippen LogP contribution in [-0.2, 0) is 12.7 Å². The standard InChI is InChI=1S/C18H16ClF3N4O2/c1-9-15(19)10(2)26(24-9)8-14-11(3)28-25-16(14)17(27)23-13-6-4-12(5-7-13)18(20,21)22/h4-7H,8H2,1-3H3,(H,23,27). The van der Waals surface area contributed by atoms with Crippen molar-refractivity contribution in [3.8, 4) is 0 Å². The highest BCUT2D eigenvalue weighted by Gasteiger charge is 2.30. The summed E-state index contributed by atoms with van der Waals surface area (Å²) < 4.78 is 44.7. The van der Waals surface area contributed by atoms with E-state index in [4.69, 9.17) is 16.1 Å². The first-order valence-electron chi connectivity index (χ1n) is 8.21. The Bertz CT molecular complexity index is 1020. The molecular weight excluding hydrogens is 397 g/mol. The zero-order valence-corrected chi connectivity index (χ0v) is 15.9. The van der Waals surface area contributed by atoms with Crippen LogP contribution < -0.4 is 5.32 Å². The average Bonchev–Trinajstić information content (AvgIpc) is 3.10. The van der Waals surface area contributed by atoms with Crippen LogP contribution in [0.15, 0.2) is 28.8 Å². The van der Waals surface area contributed by atoms with Gasteiger partial charge in [-0.2, -0.15) is 18.3 Å². The van der Waals surface area contributed by atoms with E-state index in [-0.39, 0.29) is 17.9 Å². The molecule has 0 radical (unpaired) electrons. The van der Waals surface area contributed by atoms with E-state index in [0.717, 1.165) is 17.8 Å². The maximum atomic E-state index is 12.6. The summed E-state index contributed by atoms with van der Waals surface area (Å²) in [5, 5.41) is 11.2. The number of benzene rings is 1. The number of aryl methyl sites for hydroxylation is 2. The van der Waals surface area contributed by atoms with Gasteiger partial charge in [-0.3, -0.25) is 9.48 Å². The summed E-state index contributed by atoms with van der Waals surface area (Å²) in [5.41, 5.74) is 1.33. The van der Waals surface area contributed by atoms with E-state index in [2.05, 4.69) is 15.6 Å². The van der Waals surface area contributed by atoms with Gasteiger partial charge < -0.3 is 9.84 Å². The number of hydrogen-bond donors (Lipinski definition) is 1. The number of halogens is 4. The molecule has 3 rings (SSSR count). The lowest BCUT2D eigenvalue weighted by Crippen LogP contribution is -2.16. The molecule has 0 saturated carbocycles. The molecule has 0 aliphatic carbocycles. The molecule has 0 aliphatic heterocycles. The van der Waals surface area contributed by atoms with Gasteiger partial charge in [0, 0.05) is 11.3 Å². The molecular formula is C18H16ClF3N4O2. The Morgan fingerprint density at radius 2 is 1.86 bits per heavy atom. The predicted molar refractivity (Wildman–Crippen MR) is 96.5 cm³/mol. The highest BCUT2D eigenvalue weighted by Crippen LogP contribution is 2.30. The van der Waals surface area contributed by atoms with Crippen LogP contribution in [0.1, 0.15) is 38.8 Å². The van der Waals surface area contributed by atoms with Crippen LogP contribution in [0.2, 0.25) is 5.02 Å². The zero-order chi connectivity index (χ0) is 20.6. The summed E-state index contributed by atoms with van der Waals surface area (Å²) >= 11 is 6.15. The number of amides is 1. The molecule has 0 atom stereocenters. The Balaban J connectivity index is 1.82. The molecule has 6 nitrogen and oxygen atoms in total. The lowest BCUT2D eigenvalue weighted by molar-refractivity contribution is -0.137. The third-order valence-corrected chi connectivity index (χ3v) is 4.82. The number of aromatic nitrogens is 3. The Morgan fingerprint density at radius 1 is 1.21 bits per heavy atom. The second-order valence-electron chi connectivity index (χ2n) is 6.24. The number of rotatable bonds is 4. The van der Waals surface area contributed by atoms with Crippen LogP contribution >= 0.6 is 11.6 Å². The zero-order valence-electron chi connectivity index (χ0n) is 15.2. The summed E-state index contributed by atoms with van der Waals surface area (Å²) in [6.45, 7) is 5.44. The van der Waals surface area contributed by atoms with Crippen molar-refractivity contribution in [2.24, 2.45) is 0 Å². The van der Waals surface area contributed by atoms with Crippen molar-refractivity contribution in [3.05, 3.63) is 63.3 Å². The van der Waals surface area contributed by atoms with Gasteiger partial charge in [-0.05, 0) is 45.0 Å². The summed E-state index contributed by atoms with van der Waals surface area (Å²) in [6, 6.07) is 4.13. The first-order valence-corrected chi connectivity index (χ1v) is 8.59. The van der Waals surface area contributed by atoms with E-state index in [9.17, 15) is 18.0 Å². The number of nitrogens with zero attached hydrogens (tertiary/aromatic N) is 3. The van der Waals surface area contributed by atoms with Gasteiger partial charge in [0.25, 0.3) is 5.91 Å². The molecule has 1 N–H and O–H groups in total. The average molecular weight is 413 g/mol. The summed E-state index contributed by atoms with van der Waals surface area (Å²) in [5.74, 6) is -0.166. The Hall–Kier alpha value is -2.81. The number of alkyl halides is 3. The van der Waals surface area contributed by atoms with E-state index in [0.29, 0.717) is 22.0 Å². The Kier molecular flexibility index (Phi) is 5.20. The van der Waals surface area contributed by atoms with Crippen molar-refractivity contribution in [2.45, 2.75) is 33.5 Å². The number of carbonyl (C=O) groups is 1. The topological polar surface area (TPSA) is 73.0 Å². The molecule has 1 amide bonds. The highest BCUT2D eigenvalue weighted by molar-refractivity contribution is 6.31. The van der Waals surface area contributed by atoms with Crippen LogP contribution in [0.4, 0.5) is 18.9 Å². The van der Waals surface area contributed by atoms with Gasteiger partial charge in [0.05, 0.1) is 28.5 Å². The van der Waals surface area contributed by atoms with Gasteiger partial charge in [-0.15, -0.1) is 0 Å². The second-order valence-corrected chi connectivity index (χ2v) is 6.62. The smallest absolute Gasteiger partial charge is 0.361 e. The summed E-state index contributed by atoms with van der Waals surface area (Å²) in [6.07, 6.45) is -4.44. The minimum Gasteiger partial charge on any atom is -0.361 e. The summed E-state index contributed by atoms with van der Waals surface area (Å²) in [4.78, 5) is 12.6. The molecule has 28 heavy (non-hydrogen) atoms. The van der Waals surface area contributed by atoms with Crippen LogP contribution in [0, 0.1) is 20.8 Å². The molecule has 0 spiro atoms. The van der Waals surface area contributed by atoms with E-state index >= 15 is 0 Å². The first kappa shape index (κ1) is 19.9. The van der Waals surface area contributed by atoms with Crippen molar-refractivity contribution in [2.75, 3.05) is 5.32 Å². The third kappa shape index (κ3) is 3.89. The van der Waals surface area contributed by atoms with Crippen LogP contribution in [0.5, 0.6) is 0 Å². The molecule has 0 unspecified atom stereocenters.